The van der Waals surface area contributed by atoms with E-state index < -0.39 is 10.0 Å². The molecular formula is C16H16N2O2S2. The van der Waals surface area contributed by atoms with E-state index >= 15 is 0 Å². The minimum Gasteiger partial charge on any atom is -0.280 e. The molecular weight excluding hydrogens is 316 g/mol. The van der Waals surface area contributed by atoms with Gasteiger partial charge in [-0.3, -0.25) is 4.72 Å². The van der Waals surface area contributed by atoms with Crippen molar-refractivity contribution in [3.63, 3.8) is 0 Å². The number of fused-ring (bicyclic) bond motifs is 1. The van der Waals surface area contributed by atoms with Crippen molar-refractivity contribution in [2.75, 3.05) is 4.72 Å². The number of hydrogen-bond donors (Lipinski definition) is 1. The minimum atomic E-state index is -3.57. The van der Waals surface area contributed by atoms with Gasteiger partial charge in [-0.15, -0.1) is 11.3 Å². The molecule has 0 fully saturated rings. The molecule has 114 valence electrons. The van der Waals surface area contributed by atoms with E-state index in [1.807, 2.05) is 38.1 Å². The van der Waals surface area contributed by atoms with Gasteiger partial charge in [-0.2, -0.15) is 0 Å². The average molecular weight is 332 g/mol. The molecule has 1 N–H and O–H groups in total. The van der Waals surface area contributed by atoms with Crippen molar-refractivity contribution in [3.05, 3.63) is 53.0 Å². The van der Waals surface area contributed by atoms with Crippen molar-refractivity contribution in [2.45, 2.75) is 25.2 Å². The second kappa shape index (κ2) is 5.70. The van der Waals surface area contributed by atoms with Crippen LogP contribution < -0.4 is 4.72 Å². The van der Waals surface area contributed by atoms with E-state index in [9.17, 15) is 8.42 Å². The Balaban J connectivity index is 1.91. The molecule has 0 aliphatic carbocycles. The van der Waals surface area contributed by atoms with Crippen LogP contribution in [0.3, 0.4) is 0 Å². The molecule has 1 heterocycles. The minimum absolute atomic E-state index is 0.269. The molecule has 1 aromatic heterocycles. The second-order valence-electron chi connectivity index (χ2n) is 5.02. The Labute approximate surface area is 133 Å². The molecule has 0 aliphatic rings. The van der Waals surface area contributed by atoms with Gasteiger partial charge < -0.3 is 0 Å². The molecule has 6 heteroatoms. The zero-order valence-electron chi connectivity index (χ0n) is 12.3. The molecule has 0 bridgehead atoms. The van der Waals surface area contributed by atoms with Gasteiger partial charge in [0.25, 0.3) is 10.0 Å². The van der Waals surface area contributed by atoms with Crippen LogP contribution in [-0.2, 0) is 16.4 Å². The second-order valence-corrected chi connectivity index (χ2v) is 7.94. The maximum atomic E-state index is 12.4. The third kappa shape index (κ3) is 2.98. The first kappa shape index (κ1) is 15.0. The number of benzene rings is 2. The van der Waals surface area contributed by atoms with Gasteiger partial charge >= 0.3 is 0 Å². The Bertz CT molecular complexity index is 913. The highest BCUT2D eigenvalue weighted by Crippen LogP contribution is 2.26. The van der Waals surface area contributed by atoms with Crippen LogP contribution in [0.1, 0.15) is 17.5 Å². The highest BCUT2D eigenvalue weighted by molar-refractivity contribution is 7.92. The van der Waals surface area contributed by atoms with Crippen LogP contribution in [0.2, 0.25) is 0 Å². The number of thiazole rings is 1. The summed E-state index contributed by atoms with van der Waals surface area (Å²) in [4.78, 5) is 4.64. The van der Waals surface area contributed by atoms with Crippen LogP contribution in [0, 0.1) is 6.92 Å². The fourth-order valence-electron chi connectivity index (χ4n) is 2.22. The normalized spacial score (nSPS) is 11.7. The molecule has 2 aromatic carbocycles. The van der Waals surface area contributed by atoms with E-state index in [-0.39, 0.29) is 4.90 Å². The Hall–Kier alpha value is -1.92. The van der Waals surface area contributed by atoms with E-state index in [1.165, 1.54) is 0 Å². The molecule has 3 rings (SSSR count). The number of aromatic nitrogens is 1. The van der Waals surface area contributed by atoms with Crippen molar-refractivity contribution < 1.29 is 8.42 Å². The summed E-state index contributed by atoms with van der Waals surface area (Å²) in [5.41, 5.74) is 2.55. The van der Waals surface area contributed by atoms with Gasteiger partial charge in [-0.1, -0.05) is 19.1 Å². The van der Waals surface area contributed by atoms with Gasteiger partial charge in [-0.05, 0) is 49.2 Å². The van der Waals surface area contributed by atoms with Gasteiger partial charge in [0.05, 0.1) is 25.8 Å². The van der Waals surface area contributed by atoms with Crippen LogP contribution >= 0.6 is 11.3 Å². The monoisotopic (exact) mass is 332 g/mol. The summed E-state index contributed by atoms with van der Waals surface area (Å²) in [5, 5.41) is 0.963. The summed E-state index contributed by atoms with van der Waals surface area (Å²) >= 11 is 1.55. The highest BCUT2D eigenvalue weighted by atomic mass is 32.2. The predicted octanol–water partition coefficient (Wildman–Crippen LogP) is 3.97. The van der Waals surface area contributed by atoms with E-state index in [2.05, 4.69) is 9.71 Å². The molecule has 0 unspecified atom stereocenters. The van der Waals surface area contributed by atoms with E-state index in [4.69, 9.17) is 0 Å². The lowest BCUT2D eigenvalue weighted by Gasteiger charge is -2.08. The lowest BCUT2D eigenvalue weighted by molar-refractivity contribution is 0.601. The maximum absolute atomic E-state index is 12.4. The van der Waals surface area contributed by atoms with Crippen molar-refractivity contribution >= 4 is 37.3 Å². The Morgan fingerprint density at radius 3 is 2.55 bits per heavy atom. The Morgan fingerprint density at radius 1 is 1.14 bits per heavy atom. The van der Waals surface area contributed by atoms with Crippen molar-refractivity contribution in [3.8, 4) is 0 Å². The van der Waals surface area contributed by atoms with Crippen LogP contribution in [0.25, 0.3) is 10.2 Å². The van der Waals surface area contributed by atoms with Crippen LogP contribution in [0.5, 0.6) is 0 Å². The van der Waals surface area contributed by atoms with E-state index in [0.29, 0.717) is 5.69 Å². The fraction of sp³-hybridized carbons (Fsp3) is 0.188. The summed E-state index contributed by atoms with van der Waals surface area (Å²) in [6.07, 6.45) is 0.884. The van der Waals surface area contributed by atoms with Crippen molar-refractivity contribution in [1.29, 1.82) is 0 Å². The quantitative estimate of drug-likeness (QED) is 0.786. The first-order chi connectivity index (χ1) is 10.5. The Morgan fingerprint density at radius 2 is 1.86 bits per heavy atom. The molecule has 0 aliphatic heterocycles. The number of anilines is 1. The maximum Gasteiger partial charge on any atom is 0.261 e. The largest absolute Gasteiger partial charge is 0.280 e. The van der Waals surface area contributed by atoms with Crippen molar-refractivity contribution in [2.24, 2.45) is 0 Å². The Kier molecular flexibility index (Phi) is 3.88. The molecule has 0 amide bonds. The lowest BCUT2D eigenvalue weighted by atomic mass is 10.2. The lowest BCUT2D eigenvalue weighted by Crippen LogP contribution is -2.12. The SMILES string of the molecule is CCc1ccc(S(=O)(=O)Nc2ccc3nc(C)sc3c2)cc1. The third-order valence-electron chi connectivity index (χ3n) is 3.39. The smallest absolute Gasteiger partial charge is 0.261 e. The zero-order chi connectivity index (χ0) is 15.7. The molecule has 4 nitrogen and oxygen atoms in total. The van der Waals surface area contributed by atoms with Gasteiger partial charge in [-0.25, -0.2) is 13.4 Å². The number of sulfonamides is 1. The number of nitrogens with zero attached hydrogens (tertiary/aromatic N) is 1. The first-order valence-electron chi connectivity index (χ1n) is 6.97. The third-order valence-corrected chi connectivity index (χ3v) is 5.72. The molecule has 0 atom stereocenters. The fourth-order valence-corrected chi connectivity index (χ4v) is 4.14. The molecule has 0 saturated carbocycles. The summed E-state index contributed by atoms with van der Waals surface area (Å²) in [7, 11) is -3.57. The van der Waals surface area contributed by atoms with Gasteiger partial charge in [0.1, 0.15) is 0 Å². The van der Waals surface area contributed by atoms with Crippen LogP contribution in [0.15, 0.2) is 47.4 Å². The van der Waals surface area contributed by atoms with Crippen LogP contribution in [0.4, 0.5) is 5.69 Å². The van der Waals surface area contributed by atoms with E-state index in [0.717, 1.165) is 27.2 Å². The number of rotatable bonds is 4. The number of aryl methyl sites for hydroxylation is 2. The van der Waals surface area contributed by atoms with Gasteiger partial charge in [0.15, 0.2) is 0 Å². The molecule has 0 saturated heterocycles. The molecule has 22 heavy (non-hydrogen) atoms. The zero-order valence-corrected chi connectivity index (χ0v) is 14.0. The average Bonchev–Trinajstić information content (AvgIpc) is 2.86. The molecule has 0 radical (unpaired) electrons. The number of hydrogen-bond acceptors (Lipinski definition) is 4. The standard InChI is InChI=1S/C16H16N2O2S2/c1-3-12-4-7-14(8-5-12)22(19,20)18-13-6-9-15-16(10-13)21-11(2)17-15/h4-10,18H,3H2,1-2H3. The van der Waals surface area contributed by atoms with Gasteiger partial charge in [0, 0.05) is 0 Å². The van der Waals surface area contributed by atoms with Gasteiger partial charge in [0.2, 0.25) is 0 Å². The molecule has 0 spiro atoms. The molecule has 3 aromatic rings. The summed E-state index contributed by atoms with van der Waals surface area (Å²) < 4.78 is 28.4. The summed E-state index contributed by atoms with van der Waals surface area (Å²) in [5.74, 6) is 0. The topological polar surface area (TPSA) is 59.1 Å². The van der Waals surface area contributed by atoms with E-state index in [1.54, 1.807) is 29.5 Å². The first-order valence-corrected chi connectivity index (χ1v) is 9.27. The predicted molar refractivity (Wildman–Crippen MR) is 91.0 cm³/mol. The van der Waals surface area contributed by atoms with Crippen molar-refractivity contribution in [1.82, 2.24) is 4.98 Å². The number of nitrogens with one attached hydrogen (secondary N) is 1. The summed E-state index contributed by atoms with van der Waals surface area (Å²) in [6, 6.07) is 12.3. The highest BCUT2D eigenvalue weighted by Gasteiger charge is 2.14. The summed E-state index contributed by atoms with van der Waals surface area (Å²) in [6.45, 7) is 3.97. The van der Waals surface area contributed by atoms with Crippen LogP contribution in [-0.4, -0.2) is 13.4 Å².